The molecule has 0 amide bonds. The van der Waals surface area contributed by atoms with Crippen molar-refractivity contribution in [2.45, 2.75) is 13.3 Å². The van der Waals surface area contributed by atoms with Crippen LogP contribution < -0.4 is 4.74 Å². The van der Waals surface area contributed by atoms with Crippen molar-refractivity contribution in [3.63, 3.8) is 0 Å². The van der Waals surface area contributed by atoms with Gasteiger partial charge in [0.2, 0.25) is 0 Å². The molecule has 2 rings (SSSR count). The van der Waals surface area contributed by atoms with Crippen LogP contribution in [0.5, 0.6) is 5.75 Å². The molecule has 2 aromatic carbocycles. The van der Waals surface area contributed by atoms with Crippen molar-refractivity contribution in [2.75, 3.05) is 7.11 Å². The molecule has 0 radical (unpaired) electrons. The van der Waals surface area contributed by atoms with Crippen LogP contribution in [0, 0.1) is 11.6 Å². The molecule has 114 valence electrons. The van der Waals surface area contributed by atoms with E-state index in [4.69, 9.17) is 4.74 Å². The van der Waals surface area contributed by atoms with Crippen molar-refractivity contribution in [1.29, 1.82) is 0 Å². The summed E-state index contributed by atoms with van der Waals surface area (Å²) in [5.74, 6) is -1.38. The van der Waals surface area contributed by atoms with Crippen molar-refractivity contribution in [2.24, 2.45) is 10.2 Å². The van der Waals surface area contributed by atoms with Crippen molar-refractivity contribution in [3.8, 4) is 5.75 Å². The minimum absolute atomic E-state index is 0.117. The molecule has 0 aliphatic heterocycles. The van der Waals surface area contributed by atoms with Gasteiger partial charge in [-0.25, -0.2) is 8.78 Å². The van der Waals surface area contributed by atoms with Gasteiger partial charge in [0, 0.05) is 12.1 Å². The lowest BCUT2D eigenvalue weighted by molar-refractivity contribution is 0.406. The van der Waals surface area contributed by atoms with E-state index in [-0.39, 0.29) is 11.3 Å². The van der Waals surface area contributed by atoms with Gasteiger partial charge in [-0.05, 0) is 17.5 Å². The van der Waals surface area contributed by atoms with E-state index >= 15 is 0 Å². The Bertz CT molecular complexity index is 671. The Kier molecular flexibility index (Phi) is 5.36. The molecule has 0 atom stereocenters. The lowest BCUT2D eigenvalue weighted by atomic mass is 10.1. The largest absolute Gasteiger partial charge is 0.497 e. The molecule has 0 aromatic heterocycles. The van der Waals surface area contributed by atoms with Crippen molar-refractivity contribution in [1.82, 2.24) is 0 Å². The predicted octanol–water partition coefficient (Wildman–Crippen LogP) is 3.99. The summed E-state index contributed by atoms with van der Waals surface area (Å²) in [5.41, 5.74) is 1.84. The summed E-state index contributed by atoms with van der Waals surface area (Å²) >= 11 is 0. The predicted molar refractivity (Wildman–Crippen MR) is 83.9 cm³/mol. The molecule has 0 bridgehead atoms. The van der Waals surface area contributed by atoms with Gasteiger partial charge in [-0.15, -0.1) is 0 Å². The first-order chi connectivity index (χ1) is 10.6. The number of nitrogens with zero attached hydrogens (tertiary/aromatic N) is 2. The van der Waals surface area contributed by atoms with Crippen LogP contribution in [0.2, 0.25) is 0 Å². The maximum absolute atomic E-state index is 13.7. The van der Waals surface area contributed by atoms with Gasteiger partial charge in [-0.2, -0.15) is 10.2 Å². The number of hydrogen-bond acceptors (Lipinski definition) is 3. The molecular weight excluding hydrogens is 286 g/mol. The third-order valence-corrected chi connectivity index (χ3v) is 3.14. The molecular formula is C17H16F2N2O. The highest BCUT2D eigenvalue weighted by Gasteiger charge is 2.09. The zero-order valence-corrected chi connectivity index (χ0v) is 12.4. The van der Waals surface area contributed by atoms with E-state index in [2.05, 4.69) is 17.1 Å². The second kappa shape index (κ2) is 7.45. The SMILES string of the molecule is CCc1ccc(/C=N/N=C/c2c(F)cc(OC)cc2F)cc1. The highest BCUT2D eigenvalue weighted by atomic mass is 19.1. The smallest absolute Gasteiger partial charge is 0.138 e. The second-order valence-electron chi connectivity index (χ2n) is 4.59. The number of rotatable bonds is 5. The van der Waals surface area contributed by atoms with Crippen LogP contribution in [0.3, 0.4) is 0 Å². The molecule has 2 aromatic rings. The van der Waals surface area contributed by atoms with Gasteiger partial charge in [0.25, 0.3) is 0 Å². The zero-order chi connectivity index (χ0) is 15.9. The van der Waals surface area contributed by atoms with E-state index in [1.807, 2.05) is 24.3 Å². The summed E-state index contributed by atoms with van der Waals surface area (Å²) in [6.45, 7) is 2.07. The van der Waals surface area contributed by atoms with Crippen LogP contribution in [-0.4, -0.2) is 19.5 Å². The topological polar surface area (TPSA) is 34.0 Å². The summed E-state index contributed by atoms with van der Waals surface area (Å²) in [7, 11) is 1.34. The molecule has 5 heteroatoms. The van der Waals surface area contributed by atoms with E-state index in [0.717, 1.165) is 30.3 Å². The minimum Gasteiger partial charge on any atom is -0.497 e. The number of benzene rings is 2. The zero-order valence-electron chi connectivity index (χ0n) is 12.4. The van der Waals surface area contributed by atoms with Gasteiger partial charge in [-0.1, -0.05) is 31.2 Å². The molecule has 0 saturated heterocycles. The fourth-order valence-electron chi connectivity index (χ4n) is 1.83. The van der Waals surface area contributed by atoms with E-state index in [9.17, 15) is 8.78 Å². The monoisotopic (exact) mass is 302 g/mol. The summed E-state index contributed by atoms with van der Waals surface area (Å²) in [6, 6.07) is 10.00. The van der Waals surface area contributed by atoms with Crippen molar-refractivity contribution >= 4 is 12.4 Å². The Morgan fingerprint density at radius 2 is 1.59 bits per heavy atom. The first kappa shape index (κ1) is 15.8. The van der Waals surface area contributed by atoms with Crippen LogP contribution >= 0.6 is 0 Å². The van der Waals surface area contributed by atoms with Crippen LogP contribution in [0.15, 0.2) is 46.6 Å². The Hall–Kier alpha value is -2.56. The maximum Gasteiger partial charge on any atom is 0.138 e. The summed E-state index contributed by atoms with van der Waals surface area (Å²) in [4.78, 5) is 0. The standard InChI is InChI=1S/C17H16F2N2O/c1-3-12-4-6-13(7-5-12)10-20-21-11-15-16(18)8-14(22-2)9-17(15)19/h4-11H,3H2,1-2H3/b20-10+,21-11+. The molecule has 0 aliphatic rings. The summed E-state index contributed by atoms with van der Waals surface area (Å²) in [5, 5.41) is 7.48. The summed E-state index contributed by atoms with van der Waals surface area (Å²) < 4.78 is 32.1. The highest BCUT2D eigenvalue weighted by molar-refractivity contribution is 5.83. The first-order valence-electron chi connectivity index (χ1n) is 6.82. The van der Waals surface area contributed by atoms with Crippen LogP contribution in [-0.2, 0) is 6.42 Å². The number of methoxy groups -OCH3 is 1. The Balaban J connectivity index is 2.10. The van der Waals surface area contributed by atoms with Crippen LogP contribution in [0.25, 0.3) is 0 Å². The first-order valence-corrected chi connectivity index (χ1v) is 6.82. The van der Waals surface area contributed by atoms with E-state index < -0.39 is 11.6 Å². The number of ether oxygens (including phenoxy) is 1. The fourth-order valence-corrected chi connectivity index (χ4v) is 1.83. The molecule has 0 N–H and O–H groups in total. The van der Waals surface area contributed by atoms with Gasteiger partial charge in [-0.3, -0.25) is 0 Å². The average molecular weight is 302 g/mol. The summed E-state index contributed by atoms with van der Waals surface area (Å²) in [6.07, 6.45) is 3.53. The molecule has 0 fully saturated rings. The quantitative estimate of drug-likeness (QED) is 0.607. The van der Waals surface area contributed by atoms with Crippen LogP contribution in [0.1, 0.15) is 23.6 Å². The van der Waals surface area contributed by atoms with Gasteiger partial charge in [0.15, 0.2) is 0 Å². The molecule has 0 saturated carbocycles. The minimum atomic E-state index is -0.747. The van der Waals surface area contributed by atoms with Gasteiger partial charge < -0.3 is 4.74 Å². The highest BCUT2D eigenvalue weighted by Crippen LogP contribution is 2.19. The number of halogens is 2. The molecule has 0 heterocycles. The van der Waals surface area contributed by atoms with Gasteiger partial charge in [0.1, 0.15) is 17.4 Å². The molecule has 3 nitrogen and oxygen atoms in total. The van der Waals surface area contributed by atoms with E-state index in [0.29, 0.717) is 0 Å². The van der Waals surface area contributed by atoms with Crippen molar-refractivity contribution in [3.05, 3.63) is 64.7 Å². The van der Waals surface area contributed by atoms with Crippen LogP contribution in [0.4, 0.5) is 8.78 Å². The maximum atomic E-state index is 13.7. The van der Waals surface area contributed by atoms with Crippen molar-refractivity contribution < 1.29 is 13.5 Å². The average Bonchev–Trinajstić information content (AvgIpc) is 2.53. The molecule has 0 unspecified atom stereocenters. The van der Waals surface area contributed by atoms with E-state index in [1.165, 1.54) is 18.9 Å². The molecule has 22 heavy (non-hydrogen) atoms. The lowest BCUT2D eigenvalue weighted by Gasteiger charge is -2.02. The number of hydrogen-bond donors (Lipinski definition) is 0. The molecule has 0 aliphatic carbocycles. The number of aryl methyl sites for hydroxylation is 1. The van der Waals surface area contributed by atoms with Gasteiger partial charge >= 0.3 is 0 Å². The Morgan fingerprint density at radius 1 is 1.00 bits per heavy atom. The molecule has 0 spiro atoms. The van der Waals surface area contributed by atoms with Gasteiger partial charge in [0.05, 0.1) is 25.1 Å². The Morgan fingerprint density at radius 3 is 2.14 bits per heavy atom. The third-order valence-electron chi connectivity index (χ3n) is 3.14. The second-order valence-corrected chi connectivity index (χ2v) is 4.59. The lowest BCUT2D eigenvalue weighted by Crippen LogP contribution is -1.96. The van der Waals surface area contributed by atoms with E-state index in [1.54, 1.807) is 0 Å². The normalized spacial score (nSPS) is 11.5. The third kappa shape index (κ3) is 3.97. The fraction of sp³-hybridized carbons (Fsp3) is 0.176. The Labute approximate surface area is 128 Å².